The van der Waals surface area contributed by atoms with Gasteiger partial charge in [-0.3, -0.25) is 10.1 Å². The van der Waals surface area contributed by atoms with E-state index in [1.807, 2.05) is 0 Å². The van der Waals surface area contributed by atoms with Crippen molar-refractivity contribution in [2.45, 2.75) is 9.79 Å². The van der Waals surface area contributed by atoms with E-state index in [1.165, 1.54) is 40.5 Å². The van der Waals surface area contributed by atoms with Crippen LogP contribution >= 0.6 is 0 Å². The largest absolute Gasteiger partial charge is 0.399 e. The second-order valence-corrected chi connectivity index (χ2v) is 12.3. The third-order valence-corrected chi connectivity index (χ3v) is 9.54. The molecular weight excluding hydrogens is 552 g/mol. The highest BCUT2D eigenvalue weighted by molar-refractivity contribution is 7.90. The number of nitrogens with zero attached hydrogens (tertiary/aromatic N) is 3. The Hall–Kier alpha value is -4.94. The lowest BCUT2D eigenvalue weighted by Crippen LogP contribution is -2.11. The van der Waals surface area contributed by atoms with Gasteiger partial charge in [-0.15, -0.1) is 0 Å². The van der Waals surface area contributed by atoms with Crippen LogP contribution in [0.15, 0.2) is 131 Å². The van der Waals surface area contributed by atoms with E-state index >= 15 is 0 Å². The van der Waals surface area contributed by atoms with Crippen molar-refractivity contribution >= 4 is 53.2 Å². The van der Waals surface area contributed by atoms with Gasteiger partial charge >= 0.3 is 0 Å². The predicted molar refractivity (Wildman–Crippen MR) is 153 cm³/mol. The van der Waals surface area contributed by atoms with Crippen LogP contribution in [0.2, 0.25) is 0 Å². The molecule has 4 aromatic carbocycles. The number of rotatable bonds is 5. The number of non-ortho nitro benzene ring substituents is 1. The average Bonchev–Trinajstić information content (AvgIpc) is 3.59. The molecule has 0 radical (unpaired) electrons. The van der Waals surface area contributed by atoms with Crippen LogP contribution in [-0.2, 0) is 20.0 Å². The maximum absolute atomic E-state index is 12.6. The Morgan fingerprint density at radius 2 is 1.05 bits per heavy atom. The van der Waals surface area contributed by atoms with Crippen LogP contribution in [0.25, 0.3) is 21.8 Å². The van der Waals surface area contributed by atoms with Gasteiger partial charge in [0.25, 0.3) is 25.7 Å². The molecule has 0 atom stereocenters. The maximum Gasteiger partial charge on any atom is 0.270 e. The maximum atomic E-state index is 12.6. The molecule has 0 aliphatic carbocycles. The van der Waals surface area contributed by atoms with Crippen molar-refractivity contribution in [1.29, 1.82) is 0 Å². The van der Waals surface area contributed by atoms with Crippen LogP contribution in [0, 0.1) is 10.1 Å². The highest BCUT2D eigenvalue weighted by Crippen LogP contribution is 2.26. The molecule has 0 aliphatic rings. The molecule has 0 bridgehead atoms. The van der Waals surface area contributed by atoms with Crippen molar-refractivity contribution in [3.8, 4) is 0 Å². The number of anilines is 1. The van der Waals surface area contributed by atoms with Crippen LogP contribution < -0.4 is 5.73 Å². The summed E-state index contributed by atoms with van der Waals surface area (Å²) in [6.45, 7) is 0. The van der Waals surface area contributed by atoms with E-state index < -0.39 is 25.0 Å². The second kappa shape index (κ2) is 10.3. The van der Waals surface area contributed by atoms with Gasteiger partial charge in [0.1, 0.15) is 0 Å². The summed E-state index contributed by atoms with van der Waals surface area (Å²) in [6, 6.07) is 28.9. The van der Waals surface area contributed by atoms with E-state index in [4.69, 9.17) is 5.73 Å². The Bertz CT molecular complexity index is 2070. The van der Waals surface area contributed by atoms with E-state index in [1.54, 1.807) is 85.1 Å². The number of nitrogen functional groups attached to an aromatic ring is 1. The first-order valence-corrected chi connectivity index (χ1v) is 14.7. The monoisotopic (exact) mass is 574 g/mol. The van der Waals surface area contributed by atoms with Gasteiger partial charge in [-0.1, -0.05) is 36.4 Å². The standard InChI is InChI=1S/C14H10N2O4S.C14H12N2O2S/c17-16(18)12-6-7-14-11(10-12)8-9-15(14)21(19,20)13-4-2-1-3-5-13;15-12-6-7-14-11(10-12)8-9-16(14)19(17,18)13-4-2-1-3-5-13/h1-10H;1-10H,15H2. The summed E-state index contributed by atoms with van der Waals surface area (Å²) >= 11 is 0. The molecule has 6 rings (SSSR count). The van der Waals surface area contributed by atoms with Crippen LogP contribution in [0.5, 0.6) is 0 Å². The molecule has 0 unspecified atom stereocenters. The average molecular weight is 575 g/mol. The van der Waals surface area contributed by atoms with Gasteiger partial charge in [0.2, 0.25) is 0 Å². The molecule has 0 spiro atoms. The van der Waals surface area contributed by atoms with Gasteiger partial charge in [0.05, 0.1) is 25.7 Å². The fourth-order valence-electron chi connectivity index (χ4n) is 4.18. The van der Waals surface area contributed by atoms with Crippen LogP contribution in [-0.4, -0.2) is 29.7 Å². The molecule has 12 heteroatoms. The van der Waals surface area contributed by atoms with Crippen molar-refractivity contribution in [2.24, 2.45) is 0 Å². The number of fused-ring (bicyclic) bond motifs is 2. The Labute approximate surface area is 229 Å². The minimum absolute atomic E-state index is 0.0719. The SMILES string of the molecule is Nc1ccc2c(ccn2S(=O)(=O)c2ccccc2)c1.O=[N+]([O-])c1ccc2c(ccn2S(=O)(=O)c2ccccc2)c1. The summed E-state index contributed by atoms with van der Waals surface area (Å²) in [6.07, 6.45) is 2.95. The summed E-state index contributed by atoms with van der Waals surface area (Å²) in [7, 11) is -7.27. The summed E-state index contributed by atoms with van der Waals surface area (Å²) in [4.78, 5) is 10.7. The lowest BCUT2D eigenvalue weighted by molar-refractivity contribution is -0.384. The molecule has 0 saturated heterocycles. The van der Waals surface area contributed by atoms with Gasteiger partial charge in [0.15, 0.2) is 0 Å². The summed E-state index contributed by atoms with van der Waals surface area (Å²) in [5.74, 6) is 0. The third kappa shape index (κ3) is 4.93. The molecular formula is C28H22N4O6S2. The van der Waals surface area contributed by atoms with Crippen molar-refractivity contribution in [3.63, 3.8) is 0 Å². The number of benzene rings is 4. The zero-order valence-corrected chi connectivity index (χ0v) is 22.4. The topological polar surface area (TPSA) is 147 Å². The summed E-state index contributed by atoms with van der Waals surface area (Å²) in [5.41, 5.74) is 7.27. The minimum atomic E-state index is -3.71. The molecule has 40 heavy (non-hydrogen) atoms. The molecule has 0 fully saturated rings. The smallest absolute Gasteiger partial charge is 0.270 e. The first-order valence-electron chi connectivity index (χ1n) is 11.8. The second-order valence-electron chi connectivity index (χ2n) is 8.68. The molecule has 0 saturated carbocycles. The van der Waals surface area contributed by atoms with Gasteiger partial charge in [-0.05, 0) is 60.7 Å². The van der Waals surface area contributed by atoms with Crippen molar-refractivity contribution in [3.05, 3.63) is 132 Å². The normalized spacial score (nSPS) is 11.7. The quantitative estimate of drug-likeness (QED) is 0.168. The number of hydrogen-bond donors (Lipinski definition) is 1. The Balaban J connectivity index is 0.000000162. The molecule has 2 N–H and O–H groups in total. The number of hydrogen-bond acceptors (Lipinski definition) is 7. The molecule has 202 valence electrons. The zero-order valence-electron chi connectivity index (χ0n) is 20.7. The molecule has 10 nitrogen and oxygen atoms in total. The van der Waals surface area contributed by atoms with Crippen LogP contribution in [0.4, 0.5) is 11.4 Å². The fourth-order valence-corrected chi connectivity index (χ4v) is 6.93. The zero-order chi connectivity index (χ0) is 28.5. The van der Waals surface area contributed by atoms with E-state index in [0.717, 1.165) is 9.36 Å². The Morgan fingerprint density at radius 1 is 0.600 bits per heavy atom. The lowest BCUT2D eigenvalue weighted by atomic mass is 10.2. The van der Waals surface area contributed by atoms with Gasteiger partial charge in [-0.25, -0.2) is 24.8 Å². The third-order valence-electron chi connectivity index (χ3n) is 6.13. The molecule has 6 aromatic rings. The molecule has 2 heterocycles. The lowest BCUT2D eigenvalue weighted by Gasteiger charge is -2.07. The highest BCUT2D eigenvalue weighted by Gasteiger charge is 2.20. The van der Waals surface area contributed by atoms with Gasteiger partial charge in [0, 0.05) is 41.0 Å². The first-order chi connectivity index (χ1) is 19.1. The van der Waals surface area contributed by atoms with E-state index in [-0.39, 0.29) is 15.5 Å². The predicted octanol–water partition coefficient (Wildman–Crippen LogP) is 5.25. The number of nitro benzene ring substituents is 1. The number of aromatic nitrogens is 2. The van der Waals surface area contributed by atoms with E-state index in [0.29, 0.717) is 22.1 Å². The number of nitro groups is 1. The Morgan fingerprint density at radius 3 is 1.52 bits per heavy atom. The molecule has 0 aliphatic heterocycles. The summed E-state index contributed by atoms with van der Waals surface area (Å²) < 4.78 is 52.6. The van der Waals surface area contributed by atoms with Gasteiger partial charge < -0.3 is 5.73 Å². The minimum Gasteiger partial charge on any atom is -0.399 e. The van der Waals surface area contributed by atoms with Crippen molar-refractivity contribution in [1.82, 2.24) is 7.94 Å². The van der Waals surface area contributed by atoms with Gasteiger partial charge in [-0.2, -0.15) is 0 Å². The van der Waals surface area contributed by atoms with E-state index in [2.05, 4.69) is 0 Å². The van der Waals surface area contributed by atoms with Crippen LogP contribution in [0.1, 0.15) is 0 Å². The molecule has 2 aromatic heterocycles. The van der Waals surface area contributed by atoms with E-state index in [9.17, 15) is 26.9 Å². The van der Waals surface area contributed by atoms with Crippen molar-refractivity contribution in [2.75, 3.05) is 5.73 Å². The fraction of sp³-hybridized carbons (Fsp3) is 0. The molecule has 0 amide bonds. The summed E-state index contributed by atoms with van der Waals surface area (Å²) in [5, 5.41) is 12.1. The highest BCUT2D eigenvalue weighted by atomic mass is 32.2. The number of nitrogens with two attached hydrogens (primary N) is 1. The van der Waals surface area contributed by atoms with Crippen molar-refractivity contribution < 1.29 is 21.8 Å². The Kier molecular flexibility index (Phi) is 6.88. The van der Waals surface area contributed by atoms with Crippen LogP contribution in [0.3, 0.4) is 0 Å². The first kappa shape index (κ1) is 26.7.